The van der Waals surface area contributed by atoms with E-state index in [2.05, 4.69) is 10.6 Å². The lowest BCUT2D eigenvalue weighted by molar-refractivity contribution is -0.120. The van der Waals surface area contributed by atoms with Crippen molar-refractivity contribution >= 4 is 12.0 Å². The maximum Gasteiger partial charge on any atom is 0.407 e. The molecule has 0 saturated carbocycles. The van der Waals surface area contributed by atoms with Crippen LogP contribution in [-0.4, -0.2) is 38.8 Å². The van der Waals surface area contributed by atoms with Gasteiger partial charge in [-0.2, -0.15) is 0 Å². The van der Waals surface area contributed by atoms with Gasteiger partial charge in [0, 0.05) is 13.1 Å². The summed E-state index contributed by atoms with van der Waals surface area (Å²) in [6, 6.07) is 7.32. The first kappa shape index (κ1) is 17.8. The average molecular weight is 308 g/mol. The van der Waals surface area contributed by atoms with Crippen LogP contribution in [-0.2, 0) is 16.0 Å². The first-order valence-electron chi connectivity index (χ1n) is 7.31. The number of benzene rings is 1. The number of carbonyl (C=O) groups is 2. The number of rotatable bonds is 8. The summed E-state index contributed by atoms with van der Waals surface area (Å²) in [5.41, 5.74) is 0.905. The molecule has 0 spiro atoms. The summed E-state index contributed by atoms with van der Waals surface area (Å²) in [7, 11) is 1.60. The fourth-order valence-corrected chi connectivity index (χ4v) is 1.65. The smallest absolute Gasteiger partial charge is 0.407 e. The Balaban J connectivity index is 2.16. The van der Waals surface area contributed by atoms with Gasteiger partial charge in [0.25, 0.3) is 0 Å². The highest BCUT2D eigenvalue weighted by molar-refractivity contribution is 5.78. The van der Waals surface area contributed by atoms with Crippen molar-refractivity contribution in [3.05, 3.63) is 29.8 Å². The molecule has 2 amide bonds. The van der Waals surface area contributed by atoms with Crippen molar-refractivity contribution in [2.45, 2.75) is 20.3 Å². The van der Waals surface area contributed by atoms with Crippen LogP contribution in [0, 0.1) is 5.92 Å². The quantitative estimate of drug-likeness (QED) is 0.717. The number of amides is 2. The molecule has 1 aromatic rings. The molecule has 6 nitrogen and oxygen atoms in total. The van der Waals surface area contributed by atoms with Crippen LogP contribution in [0.2, 0.25) is 0 Å². The second-order valence-electron chi connectivity index (χ2n) is 5.29. The van der Waals surface area contributed by atoms with Crippen molar-refractivity contribution in [3.63, 3.8) is 0 Å². The second-order valence-corrected chi connectivity index (χ2v) is 5.29. The Morgan fingerprint density at radius 1 is 1.09 bits per heavy atom. The minimum Gasteiger partial charge on any atom is -0.497 e. The molecule has 0 heterocycles. The van der Waals surface area contributed by atoms with E-state index in [0.29, 0.717) is 32.0 Å². The van der Waals surface area contributed by atoms with Gasteiger partial charge in [0.1, 0.15) is 5.75 Å². The van der Waals surface area contributed by atoms with Crippen LogP contribution in [0.15, 0.2) is 24.3 Å². The van der Waals surface area contributed by atoms with Gasteiger partial charge in [0.15, 0.2) is 0 Å². The standard InChI is InChI=1S/C16H24N2O4/c1-12(2)11-22-16(20)18-9-8-17-15(19)10-13-4-6-14(21-3)7-5-13/h4-7,12H,8-11H2,1-3H3,(H,17,19)(H,18,20). The first-order valence-corrected chi connectivity index (χ1v) is 7.31. The van der Waals surface area contributed by atoms with Gasteiger partial charge in [0.2, 0.25) is 5.91 Å². The number of methoxy groups -OCH3 is 1. The summed E-state index contributed by atoms with van der Waals surface area (Å²) in [5, 5.41) is 5.32. The highest BCUT2D eigenvalue weighted by Crippen LogP contribution is 2.11. The summed E-state index contributed by atoms with van der Waals surface area (Å²) < 4.78 is 10.0. The first-order chi connectivity index (χ1) is 10.5. The molecule has 0 aliphatic rings. The maximum absolute atomic E-state index is 11.7. The third kappa shape index (κ3) is 7.52. The van der Waals surface area contributed by atoms with E-state index in [1.807, 2.05) is 38.1 Å². The molecule has 0 atom stereocenters. The summed E-state index contributed by atoms with van der Waals surface area (Å²) in [4.78, 5) is 23.0. The van der Waals surface area contributed by atoms with E-state index in [-0.39, 0.29) is 5.91 Å². The Morgan fingerprint density at radius 3 is 2.32 bits per heavy atom. The summed E-state index contributed by atoms with van der Waals surface area (Å²) in [5.74, 6) is 0.964. The van der Waals surface area contributed by atoms with Gasteiger partial charge in [0.05, 0.1) is 20.1 Å². The molecule has 0 bridgehead atoms. The SMILES string of the molecule is COc1ccc(CC(=O)NCCNC(=O)OCC(C)C)cc1. The van der Waals surface area contributed by atoms with E-state index in [9.17, 15) is 9.59 Å². The van der Waals surface area contributed by atoms with Crippen LogP contribution in [0.3, 0.4) is 0 Å². The molecule has 0 aromatic heterocycles. The number of nitrogens with one attached hydrogen (secondary N) is 2. The topological polar surface area (TPSA) is 76.7 Å². The Bertz CT molecular complexity index is 472. The third-order valence-corrected chi connectivity index (χ3v) is 2.79. The van der Waals surface area contributed by atoms with Crippen LogP contribution >= 0.6 is 0 Å². The third-order valence-electron chi connectivity index (χ3n) is 2.79. The number of carbonyl (C=O) groups excluding carboxylic acids is 2. The Kier molecular flexibility index (Phi) is 7.81. The largest absolute Gasteiger partial charge is 0.497 e. The molecule has 0 aliphatic carbocycles. The predicted octanol–water partition coefficient (Wildman–Crippen LogP) is 1.74. The minimum atomic E-state index is -0.460. The van der Waals surface area contributed by atoms with Crippen molar-refractivity contribution in [2.24, 2.45) is 5.92 Å². The molecule has 1 aromatic carbocycles. The molecule has 0 unspecified atom stereocenters. The van der Waals surface area contributed by atoms with E-state index >= 15 is 0 Å². The van der Waals surface area contributed by atoms with E-state index < -0.39 is 6.09 Å². The normalized spacial score (nSPS) is 10.2. The van der Waals surface area contributed by atoms with Gasteiger partial charge in [-0.3, -0.25) is 4.79 Å². The van der Waals surface area contributed by atoms with Crippen LogP contribution in [0.25, 0.3) is 0 Å². The molecule has 122 valence electrons. The van der Waals surface area contributed by atoms with Crippen molar-refractivity contribution in [1.82, 2.24) is 10.6 Å². The van der Waals surface area contributed by atoms with E-state index in [1.54, 1.807) is 7.11 Å². The predicted molar refractivity (Wildman–Crippen MR) is 83.9 cm³/mol. The van der Waals surface area contributed by atoms with Gasteiger partial charge in [-0.15, -0.1) is 0 Å². The minimum absolute atomic E-state index is 0.0949. The Hall–Kier alpha value is -2.24. The van der Waals surface area contributed by atoms with Crippen molar-refractivity contribution in [1.29, 1.82) is 0 Å². The molecular formula is C16H24N2O4. The van der Waals surface area contributed by atoms with Gasteiger partial charge in [-0.1, -0.05) is 26.0 Å². The number of ether oxygens (including phenoxy) is 2. The molecule has 0 radical (unpaired) electrons. The van der Waals surface area contributed by atoms with Crippen LogP contribution in [0.1, 0.15) is 19.4 Å². The lowest BCUT2D eigenvalue weighted by Gasteiger charge is -2.09. The average Bonchev–Trinajstić information content (AvgIpc) is 2.50. The van der Waals surface area contributed by atoms with E-state index in [4.69, 9.17) is 9.47 Å². The molecule has 6 heteroatoms. The second kappa shape index (κ2) is 9.65. The van der Waals surface area contributed by atoms with Crippen LogP contribution in [0.5, 0.6) is 5.75 Å². The molecule has 0 saturated heterocycles. The van der Waals surface area contributed by atoms with Gasteiger partial charge in [-0.25, -0.2) is 4.79 Å². The zero-order chi connectivity index (χ0) is 16.4. The number of hydrogen-bond acceptors (Lipinski definition) is 4. The Labute approximate surface area is 131 Å². The van der Waals surface area contributed by atoms with Gasteiger partial charge >= 0.3 is 6.09 Å². The monoisotopic (exact) mass is 308 g/mol. The molecule has 0 aliphatic heterocycles. The molecule has 22 heavy (non-hydrogen) atoms. The summed E-state index contributed by atoms with van der Waals surface area (Å²) >= 11 is 0. The fraction of sp³-hybridized carbons (Fsp3) is 0.500. The zero-order valence-electron chi connectivity index (χ0n) is 13.3. The van der Waals surface area contributed by atoms with Crippen molar-refractivity contribution in [3.8, 4) is 5.75 Å². The number of alkyl carbamates (subject to hydrolysis) is 1. The summed E-state index contributed by atoms with van der Waals surface area (Å²) in [6.45, 7) is 5.02. The Morgan fingerprint density at radius 2 is 1.73 bits per heavy atom. The molecule has 2 N–H and O–H groups in total. The highest BCUT2D eigenvalue weighted by atomic mass is 16.5. The lowest BCUT2D eigenvalue weighted by Crippen LogP contribution is -2.35. The number of hydrogen-bond donors (Lipinski definition) is 2. The maximum atomic E-state index is 11.7. The van der Waals surface area contributed by atoms with E-state index in [1.165, 1.54) is 0 Å². The van der Waals surface area contributed by atoms with E-state index in [0.717, 1.165) is 11.3 Å². The highest BCUT2D eigenvalue weighted by Gasteiger charge is 2.05. The molecular weight excluding hydrogens is 284 g/mol. The fourth-order valence-electron chi connectivity index (χ4n) is 1.65. The van der Waals surface area contributed by atoms with Crippen LogP contribution < -0.4 is 15.4 Å². The van der Waals surface area contributed by atoms with Gasteiger partial charge < -0.3 is 20.1 Å². The summed E-state index contributed by atoms with van der Waals surface area (Å²) in [6.07, 6.45) is -0.167. The molecule has 0 fully saturated rings. The van der Waals surface area contributed by atoms with Crippen molar-refractivity contribution < 1.29 is 19.1 Å². The van der Waals surface area contributed by atoms with Gasteiger partial charge in [-0.05, 0) is 23.6 Å². The van der Waals surface area contributed by atoms with Crippen molar-refractivity contribution in [2.75, 3.05) is 26.8 Å². The van der Waals surface area contributed by atoms with Crippen LogP contribution in [0.4, 0.5) is 4.79 Å². The lowest BCUT2D eigenvalue weighted by atomic mass is 10.1. The molecule has 1 rings (SSSR count). The zero-order valence-corrected chi connectivity index (χ0v) is 13.3.